The second-order valence-electron chi connectivity index (χ2n) is 19.2. The number of aliphatic hydroxyl groups excluding tert-OH is 6. The number of ketones is 2. The van der Waals surface area contributed by atoms with Crippen LogP contribution in [0.1, 0.15) is 83.2 Å². The van der Waals surface area contributed by atoms with Crippen molar-refractivity contribution in [3.05, 3.63) is 122 Å². The molecule has 13 nitrogen and oxygen atoms in total. The Morgan fingerprint density at radius 2 is 1.78 bits per heavy atom. The zero-order valence-electron chi connectivity index (χ0n) is 35.2. The first kappa shape index (κ1) is 42.7. The molecule has 13 rings (SSSR count). The Hall–Kier alpha value is -3.90. The summed E-state index contributed by atoms with van der Waals surface area (Å²) < 4.78 is 12.6. The molecule has 9 N–H and O–H groups in total. The van der Waals surface area contributed by atoms with Gasteiger partial charge in [0.2, 0.25) is 6.29 Å². The third-order valence-corrected chi connectivity index (χ3v) is 19.2. The van der Waals surface area contributed by atoms with Crippen molar-refractivity contribution in [2.45, 2.75) is 105 Å². The van der Waals surface area contributed by atoms with E-state index in [1.54, 1.807) is 35.1 Å². The smallest absolute Gasteiger partial charge is 0.229 e. The Morgan fingerprint density at radius 1 is 0.953 bits per heavy atom. The van der Waals surface area contributed by atoms with Crippen LogP contribution in [0.5, 0.6) is 5.75 Å². The van der Waals surface area contributed by atoms with Crippen LogP contribution in [-0.2, 0) is 17.8 Å². The number of carbonyl (C=O) groups excluding carboxylic acids is 2. The molecule has 0 amide bonds. The number of benzene rings is 2. The van der Waals surface area contributed by atoms with Gasteiger partial charge in [0.1, 0.15) is 46.7 Å². The minimum absolute atomic E-state index is 0.00432. The topological polar surface area (TPSA) is 218 Å². The van der Waals surface area contributed by atoms with Crippen LogP contribution in [0, 0.1) is 28.6 Å². The quantitative estimate of drug-likeness (QED) is 0.176. The van der Waals surface area contributed by atoms with Crippen LogP contribution in [0.4, 0.5) is 0 Å². The Morgan fingerprint density at radius 3 is 2.59 bits per heavy atom. The second-order valence-corrected chi connectivity index (χ2v) is 21.8. The number of rotatable bonds is 7. The van der Waals surface area contributed by atoms with E-state index < -0.39 is 70.4 Å². The molecule has 338 valence electrons. The molecule has 15 heteroatoms. The van der Waals surface area contributed by atoms with E-state index in [1.807, 2.05) is 24.3 Å². The number of Topliss-reactive ketones (excluding diaryl/α,β-unsaturated/α-hetero) is 2. The van der Waals surface area contributed by atoms with Gasteiger partial charge in [-0.1, -0.05) is 70.1 Å². The van der Waals surface area contributed by atoms with Crippen molar-refractivity contribution >= 4 is 33.2 Å². The molecule has 12 atom stereocenters. The van der Waals surface area contributed by atoms with Crippen molar-refractivity contribution in [2.75, 3.05) is 19.8 Å². The van der Waals surface area contributed by atoms with E-state index in [9.17, 15) is 35.7 Å². The highest BCUT2D eigenvalue weighted by atomic mass is 33.1. The maximum absolute atomic E-state index is 15.9. The average Bonchev–Trinajstić information content (AvgIpc) is 3.65. The highest BCUT2D eigenvalue weighted by molar-refractivity contribution is 8.77. The summed E-state index contributed by atoms with van der Waals surface area (Å²) in [6.07, 6.45) is 4.07. The van der Waals surface area contributed by atoms with Crippen molar-refractivity contribution in [3.8, 4) is 5.75 Å². The minimum atomic E-state index is -2.25. The number of carbonyl (C=O) groups is 2. The number of hydrogen-bond acceptors (Lipinski definition) is 15. The Bertz CT molecular complexity index is 2480. The van der Waals surface area contributed by atoms with Crippen LogP contribution in [0.3, 0.4) is 0 Å². The standard InChI is InChI=1S/C49H54N2O11S2/c52-13-3-8-36-49-32(16-26(17-35(49)55)15-24-4-1-5-25(14-24)21-53)41(56)31-6-2-7-33(39(31)43(49)58)61-46-44(59)48(60,42(57)34(22-54)62-46)23-47-29-10-9-27-20-50-45-38(40(27)47)28(18-30(47)12-11-29)19-37(51-45)64-63-36/h1-2,4-7,14,16-18,29-30,32,34,36-37,42,44,46,50-55,57,59-60H,3,8-13,15,19-23H2. The van der Waals surface area contributed by atoms with E-state index in [1.165, 1.54) is 28.0 Å². The number of hydrogen-bond donors (Lipinski definition) is 9. The van der Waals surface area contributed by atoms with E-state index in [0.29, 0.717) is 30.5 Å². The van der Waals surface area contributed by atoms with Gasteiger partial charge in [-0.05, 0) is 109 Å². The van der Waals surface area contributed by atoms with E-state index in [4.69, 9.17) is 9.47 Å². The van der Waals surface area contributed by atoms with Crippen LogP contribution in [0.15, 0.2) is 100 Å². The maximum Gasteiger partial charge on any atom is 0.229 e. The molecule has 2 spiro atoms. The fourth-order valence-electron chi connectivity index (χ4n) is 13.2. The first-order valence-corrected chi connectivity index (χ1v) is 24.9. The van der Waals surface area contributed by atoms with E-state index in [2.05, 4.69) is 16.7 Å². The fraction of sp³-hybridized carbons (Fsp3) is 0.510. The third-order valence-electron chi connectivity index (χ3n) is 16.0. The van der Waals surface area contributed by atoms with Crippen molar-refractivity contribution < 1.29 is 54.8 Å². The molecule has 6 heterocycles. The van der Waals surface area contributed by atoms with Crippen molar-refractivity contribution in [3.63, 3.8) is 0 Å². The number of allylic oxidation sites excluding steroid dienone is 7. The summed E-state index contributed by atoms with van der Waals surface area (Å²) in [5, 5.41) is 87.4. The summed E-state index contributed by atoms with van der Waals surface area (Å²) in [7, 11) is 2.98. The fourth-order valence-corrected chi connectivity index (χ4v) is 16.5. The second kappa shape index (κ2) is 15.9. The summed E-state index contributed by atoms with van der Waals surface area (Å²) in [6, 6.07) is 12.0. The molecule has 6 aliphatic heterocycles. The van der Waals surface area contributed by atoms with Crippen LogP contribution in [0.2, 0.25) is 0 Å². The van der Waals surface area contributed by atoms with Gasteiger partial charge in [-0.15, -0.1) is 0 Å². The largest absolute Gasteiger partial charge is 0.511 e. The normalized spacial score (nSPS) is 38.3. The molecule has 1 saturated heterocycles. The molecule has 2 fully saturated rings. The predicted octanol–water partition coefficient (Wildman–Crippen LogP) is 4.44. The van der Waals surface area contributed by atoms with Crippen LogP contribution >= 0.6 is 21.6 Å². The van der Waals surface area contributed by atoms with Crippen LogP contribution < -0.4 is 15.4 Å². The van der Waals surface area contributed by atoms with Gasteiger partial charge in [0, 0.05) is 41.4 Å². The molecule has 5 aliphatic carbocycles. The summed E-state index contributed by atoms with van der Waals surface area (Å²) >= 11 is 0. The van der Waals surface area contributed by atoms with Gasteiger partial charge < -0.3 is 55.9 Å². The van der Waals surface area contributed by atoms with Gasteiger partial charge in [-0.25, -0.2) is 0 Å². The zero-order chi connectivity index (χ0) is 44.3. The molecule has 12 unspecified atom stereocenters. The third kappa shape index (κ3) is 6.11. The lowest BCUT2D eigenvalue weighted by Crippen LogP contribution is -2.70. The molecule has 2 aromatic carbocycles. The zero-order valence-corrected chi connectivity index (χ0v) is 36.9. The molecular weight excluding hydrogens is 857 g/mol. The molecule has 11 aliphatic rings. The Labute approximate surface area is 378 Å². The SMILES string of the molecule is O=C1c2cccc3c2C(=O)C2(C(O)=CC(Cc4cccc(CO)c4)=CC12)C(CCCO)SSC1CC2=CC4CCC5CCC6=C(C2=C(NC6)N1)C45CC1(O)C(O)C(CO)OC(O3)C1O. The van der Waals surface area contributed by atoms with E-state index in [-0.39, 0.29) is 72.3 Å². The van der Waals surface area contributed by atoms with E-state index in [0.717, 1.165) is 48.2 Å². The highest BCUT2D eigenvalue weighted by Crippen LogP contribution is 2.69. The van der Waals surface area contributed by atoms with E-state index >= 15 is 9.59 Å². The average molecular weight is 911 g/mol. The molecule has 2 aromatic rings. The summed E-state index contributed by atoms with van der Waals surface area (Å²) in [4.78, 5) is 31.1. The molecule has 0 radical (unpaired) electrons. The summed E-state index contributed by atoms with van der Waals surface area (Å²) in [5.41, 5.74) is 2.04. The van der Waals surface area contributed by atoms with Crippen molar-refractivity contribution in [1.82, 2.24) is 10.6 Å². The molecule has 0 aromatic heterocycles. The van der Waals surface area contributed by atoms with Gasteiger partial charge in [0.15, 0.2) is 11.6 Å². The first-order valence-electron chi connectivity index (χ1n) is 22.6. The van der Waals surface area contributed by atoms with Crippen LogP contribution in [-0.4, -0.2) is 108 Å². The Kier molecular flexibility index (Phi) is 10.6. The number of dihydropyridines is 1. The molecule has 64 heavy (non-hydrogen) atoms. The minimum Gasteiger partial charge on any atom is -0.511 e. The summed E-state index contributed by atoms with van der Waals surface area (Å²) in [6.45, 7) is -0.445. The van der Waals surface area contributed by atoms with Crippen molar-refractivity contribution in [1.29, 1.82) is 0 Å². The number of nitrogens with one attached hydrogen (secondary N) is 2. The molecule has 10 bridgehead atoms. The highest BCUT2D eigenvalue weighted by Gasteiger charge is 2.67. The summed E-state index contributed by atoms with van der Waals surface area (Å²) in [5.74, 6) is -1.55. The lowest BCUT2D eigenvalue weighted by molar-refractivity contribution is -0.321. The first-order chi connectivity index (χ1) is 31.0. The Balaban J connectivity index is 1.10. The van der Waals surface area contributed by atoms with Crippen molar-refractivity contribution in [2.24, 2.45) is 28.6 Å². The molecule has 1 saturated carbocycles. The maximum atomic E-state index is 15.9. The molecular formula is C49H54N2O11S2. The van der Waals surface area contributed by atoms with Crippen LogP contribution in [0.25, 0.3) is 0 Å². The lowest BCUT2D eigenvalue weighted by atomic mass is 9.51. The van der Waals surface area contributed by atoms with Gasteiger partial charge in [0.25, 0.3) is 0 Å². The number of aliphatic hydroxyl groups is 7. The van der Waals surface area contributed by atoms with Gasteiger partial charge in [-0.2, -0.15) is 0 Å². The monoisotopic (exact) mass is 910 g/mol. The predicted molar refractivity (Wildman–Crippen MR) is 239 cm³/mol. The van der Waals surface area contributed by atoms with Gasteiger partial charge in [0.05, 0.1) is 30.1 Å². The van der Waals surface area contributed by atoms with Gasteiger partial charge in [-0.3, -0.25) is 9.59 Å². The lowest BCUT2D eigenvalue weighted by Gasteiger charge is -2.58. The number of ether oxygens (including phenoxy) is 2. The van der Waals surface area contributed by atoms with Gasteiger partial charge >= 0.3 is 0 Å².